The molecule has 0 radical (unpaired) electrons. The van der Waals surface area contributed by atoms with Crippen molar-refractivity contribution in [3.63, 3.8) is 0 Å². The number of hydrogen-bond donors (Lipinski definition) is 1. The number of rotatable bonds is 8. The van der Waals surface area contributed by atoms with Crippen LogP contribution in [0.4, 0.5) is 0 Å². The molecule has 0 aliphatic rings. The Labute approximate surface area is 148 Å². The number of nitriles is 1. The van der Waals surface area contributed by atoms with Crippen LogP contribution >= 0.6 is 0 Å². The van der Waals surface area contributed by atoms with Crippen LogP contribution in [0.15, 0.2) is 42.5 Å². The van der Waals surface area contributed by atoms with E-state index in [4.69, 9.17) is 14.7 Å². The third-order valence-electron chi connectivity index (χ3n) is 3.62. The van der Waals surface area contributed by atoms with Crippen molar-refractivity contribution < 1.29 is 14.3 Å². The first-order chi connectivity index (χ1) is 12.1. The molecule has 0 saturated carbocycles. The summed E-state index contributed by atoms with van der Waals surface area (Å²) in [4.78, 5) is 11.4. The molecule has 0 heterocycles. The summed E-state index contributed by atoms with van der Waals surface area (Å²) in [5, 5.41) is 11.2. The molecule has 2 aromatic carbocycles. The number of carbonyl (C=O) groups is 1. The van der Waals surface area contributed by atoms with Crippen LogP contribution in [0.25, 0.3) is 0 Å². The molecule has 2 aromatic rings. The summed E-state index contributed by atoms with van der Waals surface area (Å²) in [6.07, 6.45) is -0.146. The Bertz CT molecular complexity index is 766. The average molecular weight is 338 g/mol. The van der Waals surface area contributed by atoms with Crippen LogP contribution < -0.4 is 14.8 Å². The molecule has 5 heteroatoms. The first-order valence-electron chi connectivity index (χ1n) is 8.14. The van der Waals surface area contributed by atoms with Crippen molar-refractivity contribution in [1.82, 2.24) is 5.32 Å². The fraction of sp³-hybridized carbons (Fsp3) is 0.300. The molecule has 0 aromatic heterocycles. The summed E-state index contributed by atoms with van der Waals surface area (Å²) < 4.78 is 11.5. The van der Waals surface area contributed by atoms with Crippen LogP contribution in [0.2, 0.25) is 0 Å². The molecule has 25 heavy (non-hydrogen) atoms. The maximum atomic E-state index is 11.4. The van der Waals surface area contributed by atoms with Crippen LogP contribution in [0.1, 0.15) is 23.1 Å². The summed E-state index contributed by atoms with van der Waals surface area (Å²) in [6.45, 7) is 5.22. The number of carbonyl (C=O) groups excluding carboxylic acids is 1. The number of benzene rings is 2. The summed E-state index contributed by atoms with van der Waals surface area (Å²) in [7, 11) is 0. The quantitative estimate of drug-likeness (QED) is 0.750. The van der Waals surface area contributed by atoms with Gasteiger partial charge in [0.15, 0.2) is 0 Å². The SMILES string of the molecule is Cc1ccc(OCCOc2ccccc2CNC(=O)CC#N)c(C)c1. The van der Waals surface area contributed by atoms with Crippen LogP contribution in [0.3, 0.4) is 0 Å². The third-order valence-corrected chi connectivity index (χ3v) is 3.62. The molecular weight excluding hydrogens is 316 g/mol. The van der Waals surface area contributed by atoms with Crippen LogP contribution in [0.5, 0.6) is 11.5 Å². The minimum Gasteiger partial charge on any atom is -0.490 e. The van der Waals surface area contributed by atoms with E-state index in [1.54, 1.807) is 0 Å². The van der Waals surface area contributed by atoms with Gasteiger partial charge in [-0.25, -0.2) is 0 Å². The highest BCUT2D eigenvalue weighted by atomic mass is 16.5. The second-order valence-electron chi connectivity index (χ2n) is 5.69. The normalized spacial score (nSPS) is 9.96. The minimum atomic E-state index is -0.296. The monoisotopic (exact) mass is 338 g/mol. The van der Waals surface area contributed by atoms with Gasteiger partial charge < -0.3 is 14.8 Å². The maximum Gasteiger partial charge on any atom is 0.234 e. The number of para-hydroxylation sites is 1. The Kier molecular flexibility index (Phi) is 6.85. The highest BCUT2D eigenvalue weighted by Gasteiger charge is 2.06. The summed E-state index contributed by atoms with van der Waals surface area (Å²) in [5.74, 6) is 1.26. The Hall–Kier alpha value is -3.00. The second-order valence-corrected chi connectivity index (χ2v) is 5.69. The number of nitrogens with one attached hydrogen (secondary N) is 1. The van der Waals surface area contributed by atoms with E-state index in [0.29, 0.717) is 25.5 Å². The van der Waals surface area contributed by atoms with Crippen LogP contribution in [-0.2, 0) is 11.3 Å². The van der Waals surface area contributed by atoms with E-state index in [0.717, 1.165) is 16.9 Å². The molecule has 0 bridgehead atoms. The first kappa shape index (κ1) is 18.3. The van der Waals surface area contributed by atoms with Crippen molar-refractivity contribution in [3.8, 4) is 17.6 Å². The van der Waals surface area contributed by atoms with E-state index in [9.17, 15) is 4.79 Å². The molecular formula is C20H22N2O3. The lowest BCUT2D eigenvalue weighted by atomic mass is 10.1. The van der Waals surface area contributed by atoms with Gasteiger partial charge in [-0.1, -0.05) is 35.9 Å². The highest BCUT2D eigenvalue weighted by molar-refractivity contribution is 5.78. The van der Waals surface area contributed by atoms with Crippen molar-refractivity contribution in [2.75, 3.05) is 13.2 Å². The molecule has 2 rings (SSSR count). The molecule has 0 aliphatic heterocycles. The largest absolute Gasteiger partial charge is 0.490 e. The van der Waals surface area contributed by atoms with E-state index in [1.165, 1.54) is 5.56 Å². The molecule has 0 saturated heterocycles. The van der Waals surface area contributed by atoms with Gasteiger partial charge in [0, 0.05) is 12.1 Å². The van der Waals surface area contributed by atoms with Crippen molar-refractivity contribution in [3.05, 3.63) is 59.2 Å². The zero-order valence-corrected chi connectivity index (χ0v) is 14.5. The molecule has 1 amide bonds. The zero-order chi connectivity index (χ0) is 18.1. The lowest BCUT2D eigenvalue weighted by Gasteiger charge is -2.13. The average Bonchev–Trinajstić information content (AvgIpc) is 2.59. The third kappa shape index (κ3) is 5.85. The topological polar surface area (TPSA) is 71.3 Å². The summed E-state index contributed by atoms with van der Waals surface area (Å²) >= 11 is 0. The van der Waals surface area contributed by atoms with Gasteiger partial charge >= 0.3 is 0 Å². The molecule has 0 aliphatic carbocycles. The molecule has 5 nitrogen and oxygen atoms in total. The maximum absolute atomic E-state index is 11.4. The molecule has 0 unspecified atom stereocenters. The van der Waals surface area contributed by atoms with Gasteiger partial charge in [0.1, 0.15) is 31.1 Å². The molecule has 1 N–H and O–H groups in total. The van der Waals surface area contributed by atoms with Gasteiger partial charge in [0.2, 0.25) is 5.91 Å². The number of ether oxygens (including phenoxy) is 2. The van der Waals surface area contributed by atoms with Crippen molar-refractivity contribution in [1.29, 1.82) is 5.26 Å². The Morgan fingerprint density at radius 3 is 2.52 bits per heavy atom. The Balaban J connectivity index is 1.84. The fourth-order valence-corrected chi connectivity index (χ4v) is 2.38. The number of aryl methyl sites for hydroxylation is 2. The van der Waals surface area contributed by atoms with E-state index in [1.807, 2.05) is 56.3 Å². The van der Waals surface area contributed by atoms with Crippen molar-refractivity contribution in [2.45, 2.75) is 26.8 Å². The van der Waals surface area contributed by atoms with Gasteiger partial charge in [-0.3, -0.25) is 4.79 Å². The number of hydrogen-bond acceptors (Lipinski definition) is 4. The van der Waals surface area contributed by atoms with Gasteiger partial charge in [-0.15, -0.1) is 0 Å². The predicted molar refractivity (Wildman–Crippen MR) is 95.4 cm³/mol. The summed E-state index contributed by atoms with van der Waals surface area (Å²) in [5.41, 5.74) is 3.16. The lowest BCUT2D eigenvalue weighted by molar-refractivity contribution is -0.120. The predicted octanol–water partition coefficient (Wildman–Crippen LogP) is 3.29. The highest BCUT2D eigenvalue weighted by Crippen LogP contribution is 2.20. The summed E-state index contributed by atoms with van der Waals surface area (Å²) in [6, 6.07) is 15.4. The number of nitrogens with zero attached hydrogens (tertiary/aromatic N) is 1. The number of amides is 1. The molecule has 0 spiro atoms. The van der Waals surface area contributed by atoms with E-state index in [2.05, 4.69) is 11.4 Å². The Morgan fingerprint density at radius 2 is 1.80 bits per heavy atom. The smallest absolute Gasteiger partial charge is 0.234 e. The molecule has 0 fully saturated rings. The Morgan fingerprint density at radius 1 is 1.08 bits per heavy atom. The van der Waals surface area contributed by atoms with E-state index in [-0.39, 0.29) is 12.3 Å². The first-order valence-corrected chi connectivity index (χ1v) is 8.14. The molecule has 0 atom stereocenters. The van der Waals surface area contributed by atoms with Crippen LogP contribution in [-0.4, -0.2) is 19.1 Å². The van der Waals surface area contributed by atoms with Gasteiger partial charge in [-0.2, -0.15) is 5.26 Å². The second kappa shape index (κ2) is 9.33. The minimum absolute atomic E-state index is 0.146. The van der Waals surface area contributed by atoms with Crippen molar-refractivity contribution in [2.24, 2.45) is 0 Å². The standard InChI is InChI=1S/C20H22N2O3/c1-15-7-8-18(16(2)13-15)24-11-12-25-19-6-4-3-5-17(19)14-22-20(23)9-10-21/h3-8,13H,9,11-12,14H2,1-2H3,(H,22,23). The lowest BCUT2D eigenvalue weighted by Crippen LogP contribution is -2.22. The van der Waals surface area contributed by atoms with E-state index >= 15 is 0 Å². The zero-order valence-electron chi connectivity index (χ0n) is 14.5. The van der Waals surface area contributed by atoms with Gasteiger partial charge in [0.05, 0.1) is 6.07 Å². The van der Waals surface area contributed by atoms with Crippen molar-refractivity contribution >= 4 is 5.91 Å². The van der Waals surface area contributed by atoms with Gasteiger partial charge in [0.25, 0.3) is 0 Å². The van der Waals surface area contributed by atoms with Gasteiger partial charge in [-0.05, 0) is 31.5 Å². The molecule has 130 valence electrons. The fourth-order valence-electron chi connectivity index (χ4n) is 2.38. The van der Waals surface area contributed by atoms with E-state index < -0.39 is 0 Å². The van der Waals surface area contributed by atoms with Crippen LogP contribution in [0, 0.1) is 25.2 Å².